The van der Waals surface area contributed by atoms with Gasteiger partial charge in [0.15, 0.2) is 17.4 Å². The molecule has 0 amide bonds. The van der Waals surface area contributed by atoms with Crippen LogP contribution in [0.2, 0.25) is 5.02 Å². The molecule has 1 aromatic rings. The van der Waals surface area contributed by atoms with Gasteiger partial charge < -0.3 is 5.11 Å². The molecule has 0 saturated heterocycles. The van der Waals surface area contributed by atoms with Gasteiger partial charge in [-0.25, -0.2) is 8.78 Å². The molecule has 0 aromatic heterocycles. The highest BCUT2D eigenvalue weighted by molar-refractivity contribution is 6.32. The van der Waals surface area contributed by atoms with Gasteiger partial charge in [-0.2, -0.15) is 0 Å². The number of rotatable bonds is 1. The normalized spacial score (nSPS) is 10.2. The van der Waals surface area contributed by atoms with E-state index in [1.807, 2.05) is 0 Å². The van der Waals surface area contributed by atoms with Gasteiger partial charge in [0.1, 0.15) is 5.75 Å². The van der Waals surface area contributed by atoms with Crippen molar-refractivity contribution < 1.29 is 18.7 Å². The number of carbonyl (C=O) groups excluding carboxylic acids is 1. The first-order valence-electron chi connectivity index (χ1n) is 3.32. The average molecular weight is 207 g/mol. The van der Waals surface area contributed by atoms with Crippen molar-refractivity contribution in [3.63, 3.8) is 0 Å². The largest absolute Gasteiger partial charge is 0.506 e. The van der Waals surface area contributed by atoms with Gasteiger partial charge in [-0.15, -0.1) is 0 Å². The number of aromatic hydroxyl groups is 1. The number of ketones is 1. The highest BCUT2D eigenvalue weighted by Gasteiger charge is 2.20. The Balaban J connectivity index is 3.56. The molecule has 0 saturated carbocycles. The van der Waals surface area contributed by atoms with Crippen LogP contribution in [0, 0.1) is 11.6 Å². The molecular formula is C8H5ClF2O2. The van der Waals surface area contributed by atoms with Gasteiger partial charge in [0, 0.05) is 0 Å². The first-order valence-corrected chi connectivity index (χ1v) is 3.70. The molecule has 0 fully saturated rings. The molecule has 0 atom stereocenters. The predicted molar refractivity (Wildman–Crippen MR) is 43.0 cm³/mol. The fourth-order valence-electron chi connectivity index (χ4n) is 0.907. The van der Waals surface area contributed by atoms with Crippen LogP contribution in [0.3, 0.4) is 0 Å². The van der Waals surface area contributed by atoms with Crippen molar-refractivity contribution in [1.29, 1.82) is 0 Å². The lowest BCUT2D eigenvalue weighted by atomic mass is 10.1. The molecule has 13 heavy (non-hydrogen) atoms. The van der Waals surface area contributed by atoms with E-state index in [4.69, 9.17) is 16.7 Å². The topological polar surface area (TPSA) is 37.3 Å². The molecule has 0 bridgehead atoms. The van der Waals surface area contributed by atoms with Gasteiger partial charge in [-0.05, 0) is 13.0 Å². The summed E-state index contributed by atoms with van der Waals surface area (Å²) in [7, 11) is 0. The van der Waals surface area contributed by atoms with E-state index in [9.17, 15) is 13.6 Å². The zero-order chi connectivity index (χ0) is 10.2. The Morgan fingerprint density at radius 2 is 2.08 bits per heavy atom. The lowest BCUT2D eigenvalue weighted by Crippen LogP contribution is -2.01. The average Bonchev–Trinajstić information content (AvgIpc) is 2.01. The molecule has 0 radical (unpaired) electrons. The number of Topliss-reactive ketones (excluding diaryl/α,β-unsaturated/α-hetero) is 1. The van der Waals surface area contributed by atoms with Crippen LogP contribution in [0.4, 0.5) is 8.78 Å². The number of halogens is 3. The summed E-state index contributed by atoms with van der Waals surface area (Å²) < 4.78 is 25.5. The molecule has 1 rings (SSSR count). The second kappa shape index (κ2) is 3.30. The maximum absolute atomic E-state index is 12.9. The van der Waals surface area contributed by atoms with Crippen LogP contribution in [0.25, 0.3) is 0 Å². The Bertz CT molecular complexity index is 351. The van der Waals surface area contributed by atoms with E-state index in [0.717, 1.165) is 6.92 Å². The van der Waals surface area contributed by atoms with Crippen molar-refractivity contribution in [3.8, 4) is 5.75 Å². The lowest BCUT2D eigenvalue weighted by Gasteiger charge is -2.04. The minimum Gasteiger partial charge on any atom is -0.506 e. The van der Waals surface area contributed by atoms with Crippen LogP contribution in [-0.4, -0.2) is 10.9 Å². The van der Waals surface area contributed by atoms with E-state index in [-0.39, 0.29) is 5.02 Å². The number of hydrogen-bond donors (Lipinski definition) is 1. The number of benzene rings is 1. The zero-order valence-corrected chi connectivity index (χ0v) is 7.32. The van der Waals surface area contributed by atoms with Gasteiger partial charge >= 0.3 is 0 Å². The maximum Gasteiger partial charge on any atom is 0.173 e. The number of carbonyl (C=O) groups is 1. The molecule has 0 heterocycles. The number of phenols is 1. The summed E-state index contributed by atoms with van der Waals surface area (Å²) >= 11 is 5.33. The summed E-state index contributed by atoms with van der Waals surface area (Å²) in [6, 6.07) is 0.610. The van der Waals surface area contributed by atoms with Crippen molar-refractivity contribution in [3.05, 3.63) is 28.3 Å². The third-order valence-corrected chi connectivity index (χ3v) is 1.79. The molecule has 1 N–H and O–H groups in total. The Hall–Kier alpha value is -1.16. The van der Waals surface area contributed by atoms with Crippen LogP contribution in [0.1, 0.15) is 17.3 Å². The van der Waals surface area contributed by atoms with Gasteiger partial charge in [0.2, 0.25) is 0 Å². The van der Waals surface area contributed by atoms with Crippen LogP contribution in [0.15, 0.2) is 6.07 Å². The third-order valence-electron chi connectivity index (χ3n) is 1.50. The predicted octanol–water partition coefficient (Wildman–Crippen LogP) is 2.53. The monoisotopic (exact) mass is 206 g/mol. The minimum atomic E-state index is -1.38. The van der Waals surface area contributed by atoms with Gasteiger partial charge in [0.25, 0.3) is 0 Å². The zero-order valence-electron chi connectivity index (χ0n) is 6.57. The summed E-state index contributed by atoms with van der Waals surface area (Å²) in [5, 5.41) is 8.73. The van der Waals surface area contributed by atoms with Crippen LogP contribution >= 0.6 is 11.6 Å². The Labute approximate surface area is 77.8 Å². The van der Waals surface area contributed by atoms with Crippen molar-refractivity contribution in [1.82, 2.24) is 0 Å². The van der Waals surface area contributed by atoms with Crippen LogP contribution in [-0.2, 0) is 0 Å². The SMILES string of the molecule is CC(=O)c1c(O)c(Cl)cc(F)c1F. The number of phenolic OH excluding ortho intramolecular Hbond substituents is 1. The fourth-order valence-corrected chi connectivity index (χ4v) is 1.10. The summed E-state index contributed by atoms with van der Waals surface area (Å²) in [4.78, 5) is 10.8. The molecule has 70 valence electrons. The van der Waals surface area contributed by atoms with Crippen LogP contribution in [0.5, 0.6) is 5.75 Å². The van der Waals surface area contributed by atoms with Crippen molar-refractivity contribution in [2.24, 2.45) is 0 Å². The summed E-state index contributed by atoms with van der Waals surface area (Å²) in [6.45, 7) is 1.01. The van der Waals surface area contributed by atoms with E-state index in [1.165, 1.54) is 0 Å². The Kier molecular flexibility index (Phi) is 2.52. The second-order valence-corrected chi connectivity index (χ2v) is 2.84. The molecule has 0 aliphatic carbocycles. The highest BCUT2D eigenvalue weighted by Crippen LogP contribution is 2.31. The van der Waals surface area contributed by atoms with Gasteiger partial charge in [-0.1, -0.05) is 11.6 Å². The van der Waals surface area contributed by atoms with E-state index in [0.29, 0.717) is 6.07 Å². The van der Waals surface area contributed by atoms with Gasteiger partial charge in [0.05, 0.1) is 10.6 Å². The molecule has 1 aromatic carbocycles. The Morgan fingerprint density at radius 3 is 2.54 bits per heavy atom. The van der Waals surface area contributed by atoms with E-state index >= 15 is 0 Å². The first kappa shape index (κ1) is 9.92. The standard InChI is InChI=1S/C8H5ClF2O2/c1-3(12)6-7(11)5(10)2-4(9)8(6)13/h2,13H,1H3. The molecule has 0 aliphatic rings. The molecule has 0 aliphatic heterocycles. The summed E-state index contributed by atoms with van der Waals surface area (Å²) in [5.41, 5.74) is -0.718. The molecule has 5 heteroatoms. The lowest BCUT2D eigenvalue weighted by molar-refractivity contribution is 0.101. The smallest absolute Gasteiger partial charge is 0.173 e. The van der Waals surface area contributed by atoms with E-state index in [2.05, 4.69) is 0 Å². The summed E-state index contributed by atoms with van der Waals surface area (Å²) in [6.07, 6.45) is 0. The molecule has 0 unspecified atom stereocenters. The van der Waals surface area contributed by atoms with Crippen molar-refractivity contribution >= 4 is 17.4 Å². The molecule has 2 nitrogen and oxygen atoms in total. The summed E-state index contributed by atoms with van der Waals surface area (Å²) in [5.74, 6) is -4.15. The highest BCUT2D eigenvalue weighted by atomic mass is 35.5. The third kappa shape index (κ3) is 1.62. The minimum absolute atomic E-state index is 0.385. The van der Waals surface area contributed by atoms with Crippen molar-refractivity contribution in [2.45, 2.75) is 6.92 Å². The fraction of sp³-hybridized carbons (Fsp3) is 0.125. The second-order valence-electron chi connectivity index (χ2n) is 2.43. The molecular weight excluding hydrogens is 202 g/mol. The first-order chi connectivity index (χ1) is 5.95. The maximum atomic E-state index is 12.9. The number of hydrogen-bond acceptors (Lipinski definition) is 2. The Morgan fingerprint density at radius 1 is 1.54 bits per heavy atom. The van der Waals surface area contributed by atoms with Crippen LogP contribution < -0.4 is 0 Å². The van der Waals surface area contributed by atoms with Crippen molar-refractivity contribution in [2.75, 3.05) is 0 Å². The van der Waals surface area contributed by atoms with E-state index < -0.39 is 28.7 Å². The quantitative estimate of drug-likeness (QED) is 0.566. The van der Waals surface area contributed by atoms with E-state index in [1.54, 1.807) is 0 Å². The molecule has 0 spiro atoms. The van der Waals surface area contributed by atoms with Gasteiger partial charge in [-0.3, -0.25) is 4.79 Å².